The van der Waals surface area contributed by atoms with Crippen molar-refractivity contribution >= 4 is 17.5 Å². The Hall–Kier alpha value is -2.50. The number of rotatable bonds is 3. The van der Waals surface area contributed by atoms with Gasteiger partial charge in [-0.2, -0.15) is 4.39 Å². The number of halogens is 1. The molecule has 1 aliphatic rings. The largest absolute Gasteiger partial charge is 0.356 e. The van der Waals surface area contributed by atoms with Gasteiger partial charge in [-0.15, -0.1) is 0 Å². The van der Waals surface area contributed by atoms with Gasteiger partial charge in [0.25, 0.3) is 0 Å². The molecule has 1 saturated heterocycles. The zero-order valence-corrected chi connectivity index (χ0v) is 13.0. The molecule has 0 aromatic carbocycles. The Morgan fingerprint density at radius 3 is 2.78 bits per heavy atom. The summed E-state index contributed by atoms with van der Waals surface area (Å²) in [5.41, 5.74) is 1.06. The predicted molar refractivity (Wildman–Crippen MR) is 86.7 cm³/mol. The van der Waals surface area contributed by atoms with E-state index < -0.39 is 5.95 Å². The molecule has 2 aromatic rings. The minimum absolute atomic E-state index is 0.00467. The average Bonchev–Trinajstić information content (AvgIpc) is 2.55. The standard InChI is InChI=1S/C17H19FN4O/c1-12-5-8-19-15(11-12)21-17(23)13-6-9-22(10-7-13)16-4-2-3-14(18)20-16/h2-5,8,11,13H,6-7,9-10H2,1H3,(H,19,21,23). The van der Waals surface area contributed by atoms with E-state index in [1.54, 1.807) is 18.3 Å². The summed E-state index contributed by atoms with van der Waals surface area (Å²) >= 11 is 0. The second kappa shape index (κ2) is 6.73. The highest BCUT2D eigenvalue weighted by Gasteiger charge is 2.26. The van der Waals surface area contributed by atoms with Crippen molar-refractivity contribution in [3.05, 3.63) is 48.0 Å². The molecule has 0 bridgehead atoms. The summed E-state index contributed by atoms with van der Waals surface area (Å²) in [6.07, 6.45) is 3.12. The first-order valence-corrected chi connectivity index (χ1v) is 7.73. The zero-order chi connectivity index (χ0) is 16.2. The monoisotopic (exact) mass is 314 g/mol. The fourth-order valence-corrected chi connectivity index (χ4v) is 2.78. The third-order valence-corrected chi connectivity index (χ3v) is 4.06. The van der Waals surface area contributed by atoms with E-state index >= 15 is 0 Å². The van der Waals surface area contributed by atoms with Crippen LogP contribution in [-0.2, 0) is 4.79 Å². The molecular weight excluding hydrogens is 295 g/mol. The van der Waals surface area contributed by atoms with Crippen LogP contribution in [0.15, 0.2) is 36.5 Å². The van der Waals surface area contributed by atoms with Crippen LogP contribution in [0.4, 0.5) is 16.0 Å². The summed E-state index contributed by atoms with van der Waals surface area (Å²) in [5, 5.41) is 2.87. The van der Waals surface area contributed by atoms with Crippen molar-refractivity contribution in [3.63, 3.8) is 0 Å². The van der Waals surface area contributed by atoms with Crippen LogP contribution in [0.25, 0.3) is 0 Å². The summed E-state index contributed by atoms with van der Waals surface area (Å²) < 4.78 is 13.2. The number of hydrogen-bond donors (Lipinski definition) is 1. The number of hydrogen-bond acceptors (Lipinski definition) is 4. The molecule has 0 spiro atoms. The van der Waals surface area contributed by atoms with Crippen LogP contribution in [0, 0.1) is 18.8 Å². The summed E-state index contributed by atoms with van der Waals surface area (Å²) in [7, 11) is 0. The minimum atomic E-state index is -0.479. The summed E-state index contributed by atoms with van der Waals surface area (Å²) in [5.74, 6) is 0.679. The highest BCUT2D eigenvalue weighted by atomic mass is 19.1. The molecule has 5 nitrogen and oxygen atoms in total. The number of aryl methyl sites for hydroxylation is 1. The van der Waals surface area contributed by atoms with Crippen molar-refractivity contribution in [3.8, 4) is 0 Å². The molecule has 1 fully saturated rings. The Morgan fingerprint density at radius 2 is 2.09 bits per heavy atom. The molecule has 1 amide bonds. The molecule has 120 valence electrons. The van der Waals surface area contributed by atoms with E-state index in [9.17, 15) is 9.18 Å². The molecule has 0 saturated carbocycles. The number of carbonyl (C=O) groups excluding carboxylic acids is 1. The Balaban J connectivity index is 1.57. The first-order chi connectivity index (χ1) is 11.1. The summed E-state index contributed by atoms with van der Waals surface area (Å²) in [6, 6.07) is 8.52. The van der Waals surface area contributed by atoms with E-state index in [1.165, 1.54) is 6.07 Å². The molecule has 0 unspecified atom stereocenters. The van der Waals surface area contributed by atoms with E-state index in [1.807, 2.05) is 24.0 Å². The van der Waals surface area contributed by atoms with Gasteiger partial charge in [-0.05, 0) is 49.6 Å². The number of nitrogens with zero attached hydrogens (tertiary/aromatic N) is 3. The number of piperidine rings is 1. The number of anilines is 2. The lowest BCUT2D eigenvalue weighted by Crippen LogP contribution is -2.38. The smallest absolute Gasteiger partial charge is 0.228 e. The van der Waals surface area contributed by atoms with Crippen LogP contribution >= 0.6 is 0 Å². The van der Waals surface area contributed by atoms with Gasteiger partial charge in [0.15, 0.2) is 0 Å². The summed E-state index contributed by atoms with van der Waals surface area (Å²) in [4.78, 5) is 22.4. The quantitative estimate of drug-likeness (QED) is 0.885. The Bertz CT molecular complexity index is 698. The molecular formula is C17H19FN4O. The van der Waals surface area contributed by atoms with Gasteiger partial charge in [-0.1, -0.05) is 6.07 Å². The van der Waals surface area contributed by atoms with E-state index in [-0.39, 0.29) is 11.8 Å². The molecule has 0 aliphatic carbocycles. The van der Waals surface area contributed by atoms with Crippen LogP contribution in [-0.4, -0.2) is 29.0 Å². The highest BCUT2D eigenvalue weighted by Crippen LogP contribution is 2.23. The van der Waals surface area contributed by atoms with Gasteiger partial charge in [0.1, 0.15) is 11.6 Å². The van der Waals surface area contributed by atoms with Crippen LogP contribution in [0.5, 0.6) is 0 Å². The molecule has 23 heavy (non-hydrogen) atoms. The molecule has 1 aliphatic heterocycles. The lowest BCUT2D eigenvalue weighted by atomic mass is 9.96. The van der Waals surface area contributed by atoms with E-state index in [2.05, 4.69) is 15.3 Å². The molecule has 6 heteroatoms. The lowest BCUT2D eigenvalue weighted by Gasteiger charge is -2.32. The minimum Gasteiger partial charge on any atom is -0.356 e. The van der Waals surface area contributed by atoms with Crippen molar-refractivity contribution in [2.75, 3.05) is 23.3 Å². The van der Waals surface area contributed by atoms with Gasteiger partial charge in [0.05, 0.1) is 0 Å². The van der Waals surface area contributed by atoms with Gasteiger partial charge >= 0.3 is 0 Å². The van der Waals surface area contributed by atoms with Crippen LogP contribution < -0.4 is 10.2 Å². The van der Waals surface area contributed by atoms with Crippen molar-refractivity contribution < 1.29 is 9.18 Å². The van der Waals surface area contributed by atoms with Gasteiger partial charge in [0, 0.05) is 25.2 Å². The normalized spacial score (nSPS) is 15.5. The Morgan fingerprint density at radius 1 is 1.30 bits per heavy atom. The highest BCUT2D eigenvalue weighted by molar-refractivity contribution is 5.91. The fourth-order valence-electron chi connectivity index (χ4n) is 2.78. The number of aromatic nitrogens is 2. The summed E-state index contributed by atoms with van der Waals surface area (Å²) in [6.45, 7) is 3.34. The van der Waals surface area contributed by atoms with Crippen molar-refractivity contribution in [1.82, 2.24) is 9.97 Å². The van der Waals surface area contributed by atoms with Crippen LogP contribution in [0.3, 0.4) is 0 Å². The zero-order valence-electron chi connectivity index (χ0n) is 13.0. The van der Waals surface area contributed by atoms with E-state index in [4.69, 9.17) is 0 Å². The third-order valence-electron chi connectivity index (χ3n) is 4.06. The molecule has 0 radical (unpaired) electrons. The van der Waals surface area contributed by atoms with Gasteiger partial charge in [0.2, 0.25) is 11.9 Å². The third kappa shape index (κ3) is 3.83. The van der Waals surface area contributed by atoms with Gasteiger partial charge in [-0.25, -0.2) is 9.97 Å². The van der Waals surface area contributed by atoms with E-state index in [0.29, 0.717) is 24.7 Å². The average molecular weight is 314 g/mol. The fraction of sp³-hybridized carbons (Fsp3) is 0.353. The molecule has 3 heterocycles. The lowest BCUT2D eigenvalue weighted by molar-refractivity contribution is -0.120. The second-order valence-electron chi connectivity index (χ2n) is 5.79. The van der Waals surface area contributed by atoms with E-state index in [0.717, 1.165) is 18.4 Å². The first-order valence-electron chi connectivity index (χ1n) is 7.73. The van der Waals surface area contributed by atoms with Gasteiger partial charge in [-0.3, -0.25) is 4.79 Å². The number of pyridine rings is 2. The molecule has 2 aromatic heterocycles. The maximum atomic E-state index is 13.2. The molecule has 0 atom stereocenters. The second-order valence-corrected chi connectivity index (χ2v) is 5.79. The first kappa shape index (κ1) is 15.4. The van der Waals surface area contributed by atoms with Gasteiger partial charge < -0.3 is 10.2 Å². The Kier molecular flexibility index (Phi) is 4.50. The number of amides is 1. The number of carbonyl (C=O) groups is 1. The molecule has 3 rings (SSSR count). The van der Waals surface area contributed by atoms with Crippen molar-refractivity contribution in [2.45, 2.75) is 19.8 Å². The van der Waals surface area contributed by atoms with Crippen LogP contribution in [0.2, 0.25) is 0 Å². The molecule has 1 N–H and O–H groups in total. The van der Waals surface area contributed by atoms with Crippen molar-refractivity contribution in [1.29, 1.82) is 0 Å². The predicted octanol–water partition coefficient (Wildman–Crippen LogP) is 2.78. The van der Waals surface area contributed by atoms with Crippen molar-refractivity contribution in [2.24, 2.45) is 5.92 Å². The maximum absolute atomic E-state index is 13.2. The SMILES string of the molecule is Cc1ccnc(NC(=O)C2CCN(c3cccc(F)n3)CC2)c1. The topological polar surface area (TPSA) is 58.1 Å². The van der Waals surface area contributed by atoms with Crippen LogP contribution in [0.1, 0.15) is 18.4 Å². The maximum Gasteiger partial charge on any atom is 0.228 e. The number of nitrogens with one attached hydrogen (secondary N) is 1. The Labute approximate surface area is 134 Å².